The second-order valence-electron chi connectivity index (χ2n) is 12.0. The first-order valence-corrected chi connectivity index (χ1v) is 14.4. The average molecular weight is 494 g/mol. The largest absolute Gasteiger partial charge is 0.343 e. The van der Waals surface area contributed by atoms with Gasteiger partial charge in [-0.3, -0.25) is 0 Å². The SMILES string of the molecule is Cn1c2ccc(C(C)(C)C)cc2c2cc(C(C)(C)C)cc(P(=O)(c3ccccc3)c3ccccc3)c21. The quantitative estimate of drug-likeness (QED) is 0.238. The second kappa shape index (κ2) is 8.49. The average Bonchev–Trinajstić information content (AvgIpc) is 3.14. The third kappa shape index (κ3) is 3.93. The van der Waals surface area contributed by atoms with Gasteiger partial charge in [-0.1, -0.05) is 108 Å². The van der Waals surface area contributed by atoms with Gasteiger partial charge in [-0.15, -0.1) is 0 Å². The summed E-state index contributed by atoms with van der Waals surface area (Å²) in [6.45, 7) is 13.5. The summed E-state index contributed by atoms with van der Waals surface area (Å²) >= 11 is 0. The van der Waals surface area contributed by atoms with Crippen molar-refractivity contribution in [2.24, 2.45) is 7.05 Å². The lowest BCUT2D eigenvalue weighted by Gasteiger charge is -2.26. The predicted molar refractivity (Wildman–Crippen MR) is 157 cm³/mol. The van der Waals surface area contributed by atoms with E-state index in [9.17, 15) is 0 Å². The van der Waals surface area contributed by atoms with Crippen LogP contribution in [0.2, 0.25) is 0 Å². The normalized spacial score (nSPS) is 13.0. The summed E-state index contributed by atoms with van der Waals surface area (Å²) in [4.78, 5) is 0. The number of hydrogen-bond acceptors (Lipinski definition) is 1. The molecule has 0 unspecified atom stereocenters. The van der Waals surface area contributed by atoms with Gasteiger partial charge in [0.25, 0.3) is 0 Å². The number of hydrogen-bond donors (Lipinski definition) is 0. The third-order valence-corrected chi connectivity index (χ3v) is 10.5. The number of aromatic nitrogens is 1. The molecule has 0 atom stereocenters. The smallest absolute Gasteiger partial charge is 0.173 e. The lowest BCUT2D eigenvalue weighted by molar-refractivity contribution is 0.589. The van der Waals surface area contributed by atoms with Crippen molar-refractivity contribution in [2.75, 3.05) is 0 Å². The van der Waals surface area contributed by atoms with Gasteiger partial charge in [0, 0.05) is 39.3 Å². The van der Waals surface area contributed by atoms with Crippen molar-refractivity contribution in [3.8, 4) is 0 Å². The number of nitrogens with zero attached hydrogens (tertiary/aromatic N) is 1. The summed E-state index contributed by atoms with van der Waals surface area (Å²) in [6, 6.07) is 31.4. The number of aryl methyl sites for hydroxylation is 1. The summed E-state index contributed by atoms with van der Waals surface area (Å²) in [5.41, 5.74) is 4.68. The molecule has 0 saturated carbocycles. The zero-order valence-electron chi connectivity index (χ0n) is 22.5. The molecule has 1 aromatic heterocycles. The minimum atomic E-state index is -3.17. The summed E-state index contributed by atoms with van der Waals surface area (Å²) in [6.07, 6.45) is 0. The zero-order chi connectivity index (χ0) is 25.9. The topological polar surface area (TPSA) is 22.0 Å². The van der Waals surface area contributed by atoms with Gasteiger partial charge in [-0.2, -0.15) is 0 Å². The van der Waals surface area contributed by atoms with Crippen LogP contribution in [0, 0.1) is 0 Å². The maximum atomic E-state index is 15.6. The molecule has 0 N–H and O–H groups in total. The Kier molecular flexibility index (Phi) is 5.80. The van der Waals surface area contributed by atoms with Crippen molar-refractivity contribution < 1.29 is 4.57 Å². The summed E-state index contributed by atoms with van der Waals surface area (Å²) in [5.74, 6) is 0. The fourth-order valence-corrected chi connectivity index (χ4v) is 8.11. The highest BCUT2D eigenvalue weighted by molar-refractivity contribution is 7.85. The van der Waals surface area contributed by atoms with Crippen LogP contribution in [-0.4, -0.2) is 4.57 Å². The van der Waals surface area contributed by atoms with Crippen LogP contribution in [0.25, 0.3) is 21.8 Å². The minimum absolute atomic E-state index is 0.0458. The first-order chi connectivity index (χ1) is 16.9. The molecule has 5 rings (SSSR count). The van der Waals surface area contributed by atoms with E-state index in [1.165, 1.54) is 21.9 Å². The molecule has 0 aliphatic rings. The highest BCUT2D eigenvalue weighted by Crippen LogP contribution is 2.47. The molecule has 5 aromatic rings. The van der Waals surface area contributed by atoms with E-state index >= 15 is 4.57 Å². The Morgan fingerprint density at radius 2 is 1.11 bits per heavy atom. The molecule has 3 heteroatoms. The van der Waals surface area contributed by atoms with Crippen LogP contribution in [-0.2, 0) is 22.4 Å². The van der Waals surface area contributed by atoms with E-state index in [0.29, 0.717) is 0 Å². The molecule has 0 radical (unpaired) electrons. The fraction of sp³-hybridized carbons (Fsp3) is 0.273. The molecule has 0 aliphatic heterocycles. The van der Waals surface area contributed by atoms with Crippen molar-refractivity contribution in [2.45, 2.75) is 52.4 Å². The standard InChI is InChI=1S/C33H36NOP/c1-32(2,3)23-18-19-29-27(20-23)28-21-24(33(4,5)6)22-30(31(28)34(29)7)36(35,25-14-10-8-11-15-25)26-16-12-9-13-17-26/h8-22H,1-7H3. The highest BCUT2D eigenvalue weighted by Gasteiger charge is 2.34. The van der Waals surface area contributed by atoms with E-state index in [1.54, 1.807) is 0 Å². The molecule has 0 bridgehead atoms. The van der Waals surface area contributed by atoms with Gasteiger partial charge in [-0.25, -0.2) is 0 Å². The Hall–Kier alpha value is -3.09. The molecule has 184 valence electrons. The summed E-state index contributed by atoms with van der Waals surface area (Å²) in [5, 5.41) is 5.04. The highest BCUT2D eigenvalue weighted by atomic mass is 31.2. The van der Waals surface area contributed by atoms with Gasteiger partial charge in [-0.05, 0) is 46.2 Å². The van der Waals surface area contributed by atoms with Crippen molar-refractivity contribution in [1.82, 2.24) is 4.57 Å². The monoisotopic (exact) mass is 493 g/mol. The van der Waals surface area contributed by atoms with Gasteiger partial charge >= 0.3 is 0 Å². The molecule has 1 heterocycles. The summed E-state index contributed by atoms with van der Waals surface area (Å²) < 4.78 is 17.8. The molecule has 2 nitrogen and oxygen atoms in total. The van der Waals surface area contributed by atoms with Crippen molar-refractivity contribution in [1.29, 1.82) is 0 Å². The van der Waals surface area contributed by atoms with Crippen LogP contribution in [0.3, 0.4) is 0 Å². The molecular formula is C33H36NOP. The van der Waals surface area contributed by atoms with E-state index in [2.05, 4.69) is 83.5 Å². The molecule has 0 aliphatic carbocycles. The van der Waals surface area contributed by atoms with Gasteiger partial charge in [0.05, 0.1) is 5.52 Å². The molecular weight excluding hydrogens is 457 g/mol. The van der Waals surface area contributed by atoms with Gasteiger partial charge in [0.2, 0.25) is 0 Å². The lowest BCUT2D eigenvalue weighted by Crippen LogP contribution is -2.27. The molecule has 0 fully saturated rings. The molecule has 0 saturated heterocycles. The van der Waals surface area contributed by atoms with Gasteiger partial charge in [0.1, 0.15) is 0 Å². The van der Waals surface area contributed by atoms with Crippen LogP contribution < -0.4 is 15.9 Å². The van der Waals surface area contributed by atoms with Crippen LogP contribution >= 0.6 is 7.14 Å². The maximum absolute atomic E-state index is 15.6. The van der Waals surface area contributed by atoms with E-state index in [4.69, 9.17) is 0 Å². The zero-order valence-corrected chi connectivity index (χ0v) is 23.4. The first kappa shape index (κ1) is 24.6. The Morgan fingerprint density at radius 3 is 1.61 bits per heavy atom. The van der Waals surface area contributed by atoms with Crippen LogP contribution in [0.1, 0.15) is 52.7 Å². The minimum Gasteiger partial charge on any atom is -0.343 e. The third-order valence-electron chi connectivity index (χ3n) is 7.38. The number of benzene rings is 4. The maximum Gasteiger partial charge on any atom is 0.173 e. The Balaban J connectivity index is 1.99. The fourth-order valence-electron chi connectivity index (χ4n) is 5.18. The van der Waals surface area contributed by atoms with E-state index in [1.807, 2.05) is 60.7 Å². The van der Waals surface area contributed by atoms with E-state index < -0.39 is 7.14 Å². The summed E-state index contributed by atoms with van der Waals surface area (Å²) in [7, 11) is -1.05. The molecule has 0 spiro atoms. The number of fused-ring (bicyclic) bond motifs is 3. The van der Waals surface area contributed by atoms with Gasteiger partial charge in [0.15, 0.2) is 7.14 Å². The number of rotatable bonds is 3. The van der Waals surface area contributed by atoms with Crippen molar-refractivity contribution in [3.63, 3.8) is 0 Å². The van der Waals surface area contributed by atoms with E-state index in [-0.39, 0.29) is 10.8 Å². The van der Waals surface area contributed by atoms with Crippen LogP contribution in [0.4, 0.5) is 0 Å². The second-order valence-corrected chi connectivity index (χ2v) is 14.7. The Morgan fingerprint density at radius 1 is 0.611 bits per heavy atom. The van der Waals surface area contributed by atoms with Crippen molar-refractivity contribution >= 4 is 44.9 Å². The van der Waals surface area contributed by atoms with Crippen LogP contribution in [0.15, 0.2) is 91.0 Å². The van der Waals surface area contributed by atoms with E-state index in [0.717, 1.165) is 26.9 Å². The first-order valence-electron chi connectivity index (χ1n) is 12.7. The molecule has 4 aromatic carbocycles. The Labute approximate surface area is 215 Å². The lowest BCUT2D eigenvalue weighted by atomic mass is 9.85. The molecule has 36 heavy (non-hydrogen) atoms. The van der Waals surface area contributed by atoms with Gasteiger partial charge < -0.3 is 9.13 Å². The van der Waals surface area contributed by atoms with Crippen LogP contribution in [0.5, 0.6) is 0 Å². The Bertz CT molecular complexity index is 1570. The predicted octanol–water partition coefficient (Wildman–Crippen LogP) is 7.57. The van der Waals surface area contributed by atoms with Crippen molar-refractivity contribution in [3.05, 3.63) is 102 Å². The molecule has 0 amide bonds.